The van der Waals surface area contributed by atoms with E-state index in [1.54, 1.807) is 4.90 Å². The van der Waals surface area contributed by atoms with Crippen LogP contribution in [0.2, 0.25) is 0 Å². The summed E-state index contributed by atoms with van der Waals surface area (Å²) in [4.78, 5) is 26.1. The molecule has 0 unspecified atom stereocenters. The first kappa shape index (κ1) is 17.7. The zero-order chi connectivity index (χ0) is 18.8. The molecule has 27 heavy (non-hydrogen) atoms. The highest BCUT2D eigenvalue weighted by Crippen LogP contribution is 2.30. The minimum absolute atomic E-state index is 0.0475. The van der Waals surface area contributed by atoms with Crippen molar-refractivity contribution in [2.75, 3.05) is 36.5 Å². The normalized spacial score (nSPS) is 14.0. The molecule has 1 aliphatic heterocycles. The number of amides is 1. The largest absolute Gasteiger partial charge is 0.484 e. The van der Waals surface area contributed by atoms with Gasteiger partial charge < -0.3 is 9.64 Å². The van der Waals surface area contributed by atoms with Crippen LogP contribution in [0.25, 0.3) is 11.0 Å². The lowest BCUT2D eigenvalue weighted by atomic mass is 10.3. The summed E-state index contributed by atoms with van der Waals surface area (Å²) in [5.41, 5.74) is 1.60. The molecule has 0 atom stereocenters. The van der Waals surface area contributed by atoms with Gasteiger partial charge in [0.1, 0.15) is 5.75 Å². The molecular formula is C20H19BrN4O2. The molecule has 7 heteroatoms. The van der Waals surface area contributed by atoms with Gasteiger partial charge in [0.25, 0.3) is 5.91 Å². The quantitative estimate of drug-likeness (QED) is 0.639. The Labute approximate surface area is 165 Å². The van der Waals surface area contributed by atoms with Crippen LogP contribution in [-0.4, -0.2) is 42.6 Å². The lowest BCUT2D eigenvalue weighted by Crippen LogP contribution is -2.36. The van der Waals surface area contributed by atoms with E-state index in [-0.39, 0.29) is 12.5 Å². The summed E-state index contributed by atoms with van der Waals surface area (Å²) in [7, 11) is 1.98. The minimum Gasteiger partial charge on any atom is -0.484 e. The number of nitrogens with zero attached hydrogens (tertiary/aromatic N) is 4. The van der Waals surface area contributed by atoms with Gasteiger partial charge in [-0.1, -0.05) is 34.1 Å². The summed E-state index contributed by atoms with van der Waals surface area (Å²) < 4.78 is 6.60. The number of anilines is 2. The Morgan fingerprint density at radius 3 is 2.56 bits per heavy atom. The highest BCUT2D eigenvalue weighted by Gasteiger charge is 2.27. The van der Waals surface area contributed by atoms with Crippen LogP contribution in [-0.2, 0) is 4.79 Å². The maximum atomic E-state index is 12.9. The van der Waals surface area contributed by atoms with Crippen LogP contribution in [0.1, 0.15) is 6.42 Å². The molecule has 0 radical (unpaired) electrons. The van der Waals surface area contributed by atoms with Gasteiger partial charge in [0, 0.05) is 24.6 Å². The molecule has 0 saturated heterocycles. The van der Waals surface area contributed by atoms with Gasteiger partial charge in [-0.2, -0.15) is 0 Å². The summed E-state index contributed by atoms with van der Waals surface area (Å²) in [5.74, 6) is 1.84. The average molecular weight is 427 g/mol. The van der Waals surface area contributed by atoms with Crippen molar-refractivity contribution in [1.29, 1.82) is 0 Å². The standard InChI is InChI=1S/C20H19BrN4O2/c1-24-10-5-11-25(18(26)13-27-15-7-4-6-14(21)12-15)20-19(24)22-16-8-2-3-9-17(16)23-20/h2-4,6-9,12H,5,10-11,13H2,1H3. The molecule has 3 aromatic rings. The Kier molecular flexibility index (Phi) is 4.94. The summed E-state index contributed by atoms with van der Waals surface area (Å²) in [6.07, 6.45) is 0.841. The van der Waals surface area contributed by atoms with Gasteiger partial charge in [-0.15, -0.1) is 0 Å². The lowest BCUT2D eigenvalue weighted by molar-refractivity contribution is -0.120. The minimum atomic E-state index is -0.129. The number of carbonyl (C=O) groups excluding carboxylic acids is 1. The fraction of sp³-hybridized carbons (Fsp3) is 0.250. The zero-order valence-corrected chi connectivity index (χ0v) is 16.5. The van der Waals surface area contributed by atoms with Crippen molar-refractivity contribution in [3.8, 4) is 5.75 Å². The predicted molar refractivity (Wildman–Crippen MR) is 109 cm³/mol. The second-order valence-corrected chi connectivity index (χ2v) is 7.34. The molecule has 1 aromatic heterocycles. The van der Waals surface area contributed by atoms with E-state index < -0.39 is 0 Å². The number of fused-ring (bicyclic) bond motifs is 2. The topological polar surface area (TPSA) is 58.6 Å². The van der Waals surface area contributed by atoms with Gasteiger partial charge in [-0.3, -0.25) is 9.69 Å². The van der Waals surface area contributed by atoms with Crippen molar-refractivity contribution in [3.05, 3.63) is 53.0 Å². The predicted octanol–water partition coefficient (Wildman–Crippen LogP) is 3.64. The zero-order valence-electron chi connectivity index (χ0n) is 14.9. The van der Waals surface area contributed by atoms with E-state index >= 15 is 0 Å². The van der Waals surface area contributed by atoms with Crippen molar-refractivity contribution < 1.29 is 9.53 Å². The van der Waals surface area contributed by atoms with Gasteiger partial charge in [0.15, 0.2) is 18.2 Å². The molecule has 0 spiro atoms. The van der Waals surface area contributed by atoms with Gasteiger partial charge in [0.2, 0.25) is 0 Å². The number of aromatic nitrogens is 2. The van der Waals surface area contributed by atoms with Crippen LogP contribution in [0.5, 0.6) is 5.75 Å². The average Bonchev–Trinajstić information content (AvgIpc) is 2.83. The second kappa shape index (κ2) is 7.52. The maximum absolute atomic E-state index is 12.9. The van der Waals surface area contributed by atoms with Gasteiger partial charge in [-0.05, 0) is 36.8 Å². The van der Waals surface area contributed by atoms with Gasteiger partial charge in [0.05, 0.1) is 11.0 Å². The third-order valence-electron chi connectivity index (χ3n) is 4.49. The van der Waals surface area contributed by atoms with Gasteiger partial charge in [-0.25, -0.2) is 9.97 Å². The van der Waals surface area contributed by atoms with E-state index in [9.17, 15) is 4.79 Å². The molecule has 0 fully saturated rings. The second-order valence-electron chi connectivity index (χ2n) is 6.43. The third kappa shape index (κ3) is 3.73. The van der Waals surface area contributed by atoms with Crippen LogP contribution < -0.4 is 14.5 Å². The van der Waals surface area contributed by atoms with Crippen LogP contribution in [0.3, 0.4) is 0 Å². The van der Waals surface area contributed by atoms with Crippen LogP contribution in [0.4, 0.5) is 11.6 Å². The summed E-state index contributed by atoms with van der Waals surface area (Å²) in [6.45, 7) is 1.36. The van der Waals surface area contributed by atoms with E-state index in [1.165, 1.54) is 0 Å². The Hall–Kier alpha value is -2.67. The number of rotatable bonds is 3. The number of carbonyl (C=O) groups is 1. The highest BCUT2D eigenvalue weighted by molar-refractivity contribution is 9.10. The first-order valence-electron chi connectivity index (χ1n) is 8.78. The number of hydrogen-bond donors (Lipinski definition) is 0. The Morgan fingerprint density at radius 2 is 1.81 bits per heavy atom. The first-order chi connectivity index (χ1) is 13.1. The van der Waals surface area contributed by atoms with Crippen LogP contribution >= 0.6 is 15.9 Å². The van der Waals surface area contributed by atoms with Crippen molar-refractivity contribution >= 4 is 44.5 Å². The monoisotopic (exact) mass is 426 g/mol. The van der Waals surface area contributed by atoms with E-state index in [0.717, 1.165) is 34.3 Å². The van der Waals surface area contributed by atoms with E-state index in [2.05, 4.69) is 20.8 Å². The molecule has 0 saturated carbocycles. The molecule has 2 aromatic carbocycles. The number of hydrogen-bond acceptors (Lipinski definition) is 5. The lowest BCUT2D eigenvalue weighted by Gasteiger charge is -2.23. The molecular weight excluding hydrogens is 408 g/mol. The molecule has 1 aliphatic rings. The van der Waals surface area contributed by atoms with Crippen LogP contribution in [0.15, 0.2) is 53.0 Å². The van der Waals surface area contributed by atoms with E-state index in [0.29, 0.717) is 18.1 Å². The number of ether oxygens (including phenoxy) is 1. The van der Waals surface area contributed by atoms with Crippen molar-refractivity contribution in [2.24, 2.45) is 0 Å². The molecule has 4 rings (SSSR count). The van der Waals surface area contributed by atoms with Crippen molar-refractivity contribution in [3.63, 3.8) is 0 Å². The molecule has 0 N–H and O–H groups in total. The molecule has 2 heterocycles. The number of para-hydroxylation sites is 2. The third-order valence-corrected chi connectivity index (χ3v) is 4.98. The molecule has 0 aliphatic carbocycles. The Bertz CT molecular complexity index is 995. The fourth-order valence-electron chi connectivity index (χ4n) is 3.12. The van der Waals surface area contributed by atoms with E-state index in [4.69, 9.17) is 14.7 Å². The highest BCUT2D eigenvalue weighted by atomic mass is 79.9. The molecule has 138 valence electrons. The Balaban J connectivity index is 1.63. The van der Waals surface area contributed by atoms with Crippen molar-refractivity contribution in [1.82, 2.24) is 9.97 Å². The molecule has 0 bridgehead atoms. The number of halogens is 1. The first-order valence-corrected chi connectivity index (χ1v) is 9.58. The van der Waals surface area contributed by atoms with Crippen LogP contribution in [0, 0.1) is 0 Å². The summed E-state index contributed by atoms with van der Waals surface area (Å²) in [6, 6.07) is 15.2. The fourth-order valence-corrected chi connectivity index (χ4v) is 3.50. The summed E-state index contributed by atoms with van der Waals surface area (Å²) >= 11 is 3.41. The van der Waals surface area contributed by atoms with Gasteiger partial charge >= 0.3 is 0 Å². The smallest absolute Gasteiger partial charge is 0.266 e. The van der Waals surface area contributed by atoms with Crippen molar-refractivity contribution in [2.45, 2.75) is 6.42 Å². The number of benzene rings is 2. The summed E-state index contributed by atoms with van der Waals surface area (Å²) in [5, 5.41) is 0. The molecule has 1 amide bonds. The molecule has 6 nitrogen and oxygen atoms in total. The van der Waals surface area contributed by atoms with E-state index in [1.807, 2.05) is 55.6 Å². The SMILES string of the molecule is CN1CCCN(C(=O)COc2cccc(Br)c2)c2nc3ccccc3nc21. The Morgan fingerprint density at radius 1 is 1.07 bits per heavy atom. The maximum Gasteiger partial charge on any atom is 0.266 e.